The van der Waals surface area contributed by atoms with Crippen LogP contribution in [0.25, 0.3) is 0 Å². The molecule has 0 amide bonds. The Morgan fingerprint density at radius 3 is 2.33 bits per heavy atom. The van der Waals surface area contributed by atoms with Crippen molar-refractivity contribution in [1.29, 1.82) is 0 Å². The van der Waals surface area contributed by atoms with E-state index in [2.05, 4.69) is 57.7 Å². The maximum atomic E-state index is 5.61. The minimum absolute atomic E-state index is 0.476. The number of fused-ring (bicyclic) bond motifs is 1. The Bertz CT molecular complexity index is 1110. The summed E-state index contributed by atoms with van der Waals surface area (Å²) >= 11 is 5.52. The molecule has 4 heterocycles. The number of hydrogen-bond acceptors (Lipinski definition) is 6. The number of piperidine rings is 1. The van der Waals surface area contributed by atoms with Gasteiger partial charge in [-0.3, -0.25) is 0 Å². The molecule has 5 rings (SSSR count). The van der Waals surface area contributed by atoms with Crippen LogP contribution >= 0.6 is 12.2 Å². The first-order valence-corrected chi connectivity index (χ1v) is 12.0. The molecule has 0 bridgehead atoms. The Hall–Kier alpha value is -3.13. The van der Waals surface area contributed by atoms with Gasteiger partial charge in [0.2, 0.25) is 5.95 Å². The van der Waals surface area contributed by atoms with E-state index in [4.69, 9.17) is 26.6 Å². The van der Waals surface area contributed by atoms with Crippen molar-refractivity contribution in [3.05, 3.63) is 65.1 Å². The predicted molar refractivity (Wildman–Crippen MR) is 135 cm³/mol. The van der Waals surface area contributed by atoms with Crippen LogP contribution in [0, 0.1) is 12.8 Å². The first kappa shape index (κ1) is 21.7. The topological polar surface area (TPSA) is 69.5 Å². The van der Waals surface area contributed by atoms with Gasteiger partial charge in [0.15, 0.2) is 5.11 Å². The summed E-state index contributed by atoms with van der Waals surface area (Å²) in [5, 5.41) is 6.86. The number of anilines is 3. The highest BCUT2D eigenvalue weighted by molar-refractivity contribution is 7.80. The van der Waals surface area contributed by atoms with E-state index < -0.39 is 0 Å². The number of hydrogen-bond donors (Lipinski definition) is 2. The van der Waals surface area contributed by atoms with Gasteiger partial charge in [-0.05, 0) is 61.2 Å². The van der Waals surface area contributed by atoms with Gasteiger partial charge in [0, 0.05) is 32.2 Å². The lowest BCUT2D eigenvalue weighted by atomic mass is 9.99. The van der Waals surface area contributed by atoms with E-state index in [0.717, 1.165) is 55.3 Å². The standard InChI is InChI=1S/C25H30N6OS/c1-17-9-11-30(12-10-17)22-13-23(31-15-19-5-3-4-6-20(19)16-31)28-24(27-22)29-25(33)26-14-21-8-7-18(2)32-21/h3-8,13,17H,9-12,14-16H2,1-2H3,(H2,26,27,28,29,33). The molecule has 0 unspecified atom stereocenters. The quantitative estimate of drug-likeness (QED) is 0.533. The third-order valence-electron chi connectivity index (χ3n) is 6.42. The summed E-state index contributed by atoms with van der Waals surface area (Å²) in [7, 11) is 0. The van der Waals surface area contributed by atoms with E-state index >= 15 is 0 Å². The van der Waals surface area contributed by atoms with Crippen LogP contribution in [-0.2, 0) is 19.6 Å². The molecule has 8 heteroatoms. The number of thiocarbonyl (C=S) groups is 1. The molecule has 33 heavy (non-hydrogen) atoms. The summed E-state index contributed by atoms with van der Waals surface area (Å²) in [6.45, 7) is 8.49. The number of aryl methyl sites for hydroxylation is 1. The zero-order chi connectivity index (χ0) is 22.8. The molecule has 1 fully saturated rings. The summed E-state index contributed by atoms with van der Waals surface area (Å²) in [5.74, 6) is 4.87. The van der Waals surface area contributed by atoms with Crippen molar-refractivity contribution in [1.82, 2.24) is 15.3 Å². The molecule has 0 spiro atoms. The van der Waals surface area contributed by atoms with E-state index in [1.54, 1.807) is 0 Å². The number of aromatic nitrogens is 2. The molecule has 2 N–H and O–H groups in total. The van der Waals surface area contributed by atoms with Gasteiger partial charge in [0.1, 0.15) is 23.2 Å². The molecule has 3 aromatic rings. The average Bonchev–Trinajstić information content (AvgIpc) is 3.44. The van der Waals surface area contributed by atoms with Crippen molar-refractivity contribution >= 4 is 34.9 Å². The lowest BCUT2D eigenvalue weighted by molar-refractivity contribution is 0.436. The molecule has 172 valence electrons. The van der Waals surface area contributed by atoms with Gasteiger partial charge in [0.05, 0.1) is 6.54 Å². The minimum Gasteiger partial charge on any atom is -0.465 e. The number of nitrogens with zero attached hydrogens (tertiary/aromatic N) is 4. The molecule has 0 radical (unpaired) electrons. The highest BCUT2D eigenvalue weighted by Crippen LogP contribution is 2.31. The van der Waals surface area contributed by atoms with E-state index in [0.29, 0.717) is 17.6 Å². The number of benzene rings is 1. The van der Waals surface area contributed by atoms with Crippen molar-refractivity contribution in [2.75, 3.05) is 28.2 Å². The lowest BCUT2D eigenvalue weighted by Gasteiger charge is -2.32. The first-order valence-electron chi connectivity index (χ1n) is 11.6. The smallest absolute Gasteiger partial charge is 0.232 e. The zero-order valence-corrected chi connectivity index (χ0v) is 20.0. The SMILES string of the molecule is Cc1ccc(CNC(=S)Nc2nc(N3CCC(C)CC3)cc(N3Cc4ccccc4C3)n2)o1. The maximum absolute atomic E-state index is 5.61. The Morgan fingerprint density at radius 2 is 1.70 bits per heavy atom. The second kappa shape index (κ2) is 9.39. The van der Waals surface area contributed by atoms with Crippen LogP contribution in [0.2, 0.25) is 0 Å². The van der Waals surface area contributed by atoms with Gasteiger partial charge in [0.25, 0.3) is 0 Å². The van der Waals surface area contributed by atoms with E-state index in [9.17, 15) is 0 Å². The van der Waals surface area contributed by atoms with Gasteiger partial charge >= 0.3 is 0 Å². The first-order chi connectivity index (χ1) is 16.0. The molecule has 2 aromatic heterocycles. The Morgan fingerprint density at radius 1 is 1.03 bits per heavy atom. The summed E-state index contributed by atoms with van der Waals surface area (Å²) < 4.78 is 5.61. The summed E-state index contributed by atoms with van der Waals surface area (Å²) in [5.41, 5.74) is 2.70. The molecule has 0 saturated carbocycles. The molecule has 2 aliphatic rings. The highest BCUT2D eigenvalue weighted by atomic mass is 32.1. The van der Waals surface area contributed by atoms with Crippen molar-refractivity contribution in [3.8, 4) is 0 Å². The Labute approximate surface area is 200 Å². The number of rotatable bonds is 5. The van der Waals surface area contributed by atoms with Gasteiger partial charge in [-0.25, -0.2) is 0 Å². The van der Waals surface area contributed by atoms with Crippen molar-refractivity contribution in [3.63, 3.8) is 0 Å². The van der Waals surface area contributed by atoms with Crippen LogP contribution < -0.4 is 20.4 Å². The molecule has 0 atom stereocenters. The molecule has 2 aliphatic heterocycles. The van der Waals surface area contributed by atoms with Crippen LogP contribution in [-0.4, -0.2) is 28.2 Å². The number of furan rings is 1. The lowest BCUT2D eigenvalue weighted by Crippen LogP contribution is -2.34. The van der Waals surface area contributed by atoms with Gasteiger partial charge in [-0.2, -0.15) is 9.97 Å². The zero-order valence-electron chi connectivity index (χ0n) is 19.2. The average molecular weight is 463 g/mol. The maximum Gasteiger partial charge on any atom is 0.232 e. The third kappa shape index (κ3) is 5.11. The Balaban J connectivity index is 1.35. The molecular formula is C25H30N6OS. The van der Waals surface area contributed by atoms with Gasteiger partial charge in [-0.15, -0.1) is 0 Å². The fraction of sp³-hybridized carbons (Fsp3) is 0.400. The van der Waals surface area contributed by atoms with Crippen LogP contribution in [0.5, 0.6) is 0 Å². The number of nitrogens with one attached hydrogen (secondary N) is 2. The monoisotopic (exact) mass is 462 g/mol. The Kier molecular flexibility index (Phi) is 6.17. The summed E-state index contributed by atoms with van der Waals surface area (Å²) in [6.07, 6.45) is 2.36. The molecular weight excluding hydrogens is 432 g/mol. The molecule has 0 aliphatic carbocycles. The summed E-state index contributed by atoms with van der Waals surface area (Å²) in [6, 6.07) is 14.6. The molecule has 7 nitrogen and oxygen atoms in total. The van der Waals surface area contributed by atoms with Crippen molar-refractivity contribution in [2.24, 2.45) is 5.92 Å². The normalized spacial score (nSPS) is 16.1. The van der Waals surface area contributed by atoms with Crippen LogP contribution in [0.4, 0.5) is 17.6 Å². The largest absolute Gasteiger partial charge is 0.465 e. The predicted octanol–water partition coefficient (Wildman–Crippen LogP) is 4.62. The second-order valence-corrected chi connectivity index (χ2v) is 9.43. The van der Waals surface area contributed by atoms with Crippen molar-refractivity contribution in [2.45, 2.75) is 46.3 Å². The third-order valence-corrected chi connectivity index (χ3v) is 6.66. The summed E-state index contributed by atoms with van der Waals surface area (Å²) in [4.78, 5) is 14.3. The van der Waals surface area contributed by atoms with E-state index in [1.165, 1.54) is 24.0 Å². The van der Waals surface area contributed by atoms with E-state index in [1.807, 2.05) is 19.1 Å². The fourth-order valence-electron chi connectivity index (χ4n) is 4.43. The van der Waals surface area contributed by atoms with Gasteiger partial charge in [-0.1, -0.05) is 31.2 Å². The van der Waals surface area contributed by atoms with Crippen molar-refractivity contribution < 1.29 is 4.42 Å². The highest BCUT2D eigenvalue weighted by Gasteiger charge is 2.23. The van der Waals surface area contributed by atoms with E-state index in [-0.39, 0.29) is 0 Å². The fourth-order valence-corrected chi connectivity index (χ4v) is 4.59. The van der Waals surface area contributed by atoms with Gasteiger partial charge < -0.3 is 24.9 Å². The molecule has 1 saturated heterocycles. The molecule has 1 aromatic carbocycles. The van der Waals surface area contributed by atoms with Crippen LogP contribution in [0.15, 0.2) is 46.9 Å². The minimum atomic E-state index is 0.476. The second-order valence-electron chi connectivity index (χ2n) is 9.02. The van der Waals surface area contributed by atoms with Crippen LogP contribution in [0.3, 0.4) is 0 Å². The van der Waals surface area contributed by atoms with Crippen LogP contribution in [0.1, 0.15) is 42.4 Å².